The lowest BCUT2D eigenvalue weighted by Crippen LogP contribution is -2.37. The van der Waals surface area contributed by atoms with Crippen LogP contribution in [0.3, 0.4) is 0 Å². The Morgan fingerprint density at radius 2 is 1.24 bits per heavy atom. The van der Waals surface area contributed by atoms with Gasteiger partial charge in [-0.15, -0.1) is 0 Å². The minimum Gasteiger partial charge on any atom is -0.508 e. The molecular formula is C19H28O2. The van der Waals surface area contributed by atoms with Gasteiger partial charge < -0.3 is 10.2 Å². The molecule has 2 nitrogen and oxygen atoms in total. The Morgan fingerprint density at radius 3 is 1.48 bits per heavy atom. The van der Waals surface area contributed by atoms with Crippen LogP contribution in [0.1, 0.15) is 47.0 Å². The fourth-order valence-corrected chi connectivity index (χ4v) is 3.50. The first-order valence-corrected chi connectivity index (χ1v) is 7.96. The third kappa shape index (κ3) is 3.09. The quantitative estimate of drug-likeness (QED) is 0.720. The second kappa shape index (κ2) is 5.75. The topological polar surface area (TPSA) is 40.5 Å². The van der Waals surface area contributed by atoms with Gasteiger partial charge in [-0.3, -0.25) is 0 Å². The molecule has 2 aliphatic rings. The van der Waals surface area contributed by atoms with Crippen LogP contribution in [0.5, 0.6) is 0 Å². The van der Waals surface area contributed by atoms with Gasteiger partial charge in [0.05, 0.1) is 0 Å². The monoisotopic (exact) mass is 288 g/mol. The molecule has 2 aliphatic carbocycles. The normalized spacial score (nSPS) is 32.5. The fraction of sp³-hybridized carbons (Fsp3) is 0.579. The van der Waals surface area contributed by atoms with E-state index in [1.165, 1.54) is 0 Å². The van der Waals surface area contributed by atoms with E-state index in [1.54, 1.807) is 0 Å². The molecule has 116 valence electrons. The van der Waals surface area contributed by atoms with E-state index in [0.29, 0.717) is 23.4 Å². The van der Waals surface area contributed by atoms with E-state index in [-0.39, 0.29) is 10.8 Å². The van der Waals surface area contributed by atoms with Crippen LogP contribution in [-0.2, 0) is 0 Å². The number of allylic oxidation sites excluding steroid dienone is 6. The van der Waals surface area contributed by atoms with Crippen molar-refractivity contribution >= 4 is 0 Å². The highest BCUT2D eigenvalue weighted by Crippen LogP contribution is 2.52. The van der Waals surface area contributed by atoms with Crippen LogP contribution in [0.25, 0.3) is 0 Å². The van der Waals surface area contributed by atoms with Crippen molar-refractivity contribution in [2.45, 2.75) is 47.0 Å². The molecule has 0 saturated carbocycles. The molecule has 2 N–H and O–H groups in total. The summed E-state index contributed by atoms with van der Waals surface area (Å²) in [4.78, 5) is 0. The zero-order valence-electron chi connectivity index (χ0n) is 13.6. The maximum absolute atomic E-state index is 9.65. The molecule has 0 radical (unpaired) electrons. The largest absolute Gasteiger partial charge is 0.508 e. The van der Waals surface area contributed by atoms with Crippen molar-refractivity contribution in [3.8, 4) is 0 Å². The average Bonchev–Trinajstić information content (AvgIpc) is 2.44. The van der Waals surface area contributed by atoms with E-state index in [1.807, 2.05) is 24.3 Å². The van der Waals surface area contributed by atoms with Crippen LogP contribution in [0.2, 0.25) is 0 Å². The second-order valence-corrected chi connectivity index (χ2v) is 7.29. The maximum atomic E-state index is 9.65. The Morgan fingerprint density at radius 1 is 0.857 bits per heavy atom. The van der Waals surface area contributed by atoms with Crippen LogP contribution < -0.4 is 0 Å². The van der Waals surface area contributed by atoms with Gasteiger partial charge >= 0.3 is 0 Å². The molecule has 0 bridgehead atoms. The summed E-state index contributed by atoms with van der Waals surface area (Å²) >= 11 is 0. The summed E-state index contributed by atoms with van der Waals surface area (Å²) in [5.41, 5.74) is 0.142. The highest BCUT2D eigenvalue weighted by molar-refractivity contribution is 5.27. The van der Waals surface area contributed by atoms with Crippen LogP contribution in [0.15, 0.2) is 48.0 Å². The predicted molar refractivity (Wildman–Crippen MR) is 88.1 cm³/mol. The third-order valence-electron chi connectivity index (χ3n) is 5.51. The molecule has 2 rings (SSSR count). The standard InChI is InChI=1S/C19H28O2/c1-14(2)18(9-5-16(20)6-10-18)13-19(15(3)4)11-7-17(21)8-12-19/h5-9,11,14-15,20-21H,10,12-13H2,1-4H3. The predicted octanol–water partition coefficient (Wildman–Crippen LogP) is 5.46. The maximum Gasteiger partial charge on any atom is 0.111 e. The number of aliphatic hydroxyl groups is 2. The molecule has 0 fully saturated rings. The molecule has 0 aromatic carbocycles. The van der Waals surface area contributed by atoms with Gasteiger partial charge in [0, 0.05) is 0 Å². The number of hydrogen-bond donors (Lipinski definition) is 2. The van der Waals surface area contributed by atoms with Gasteiger partial charge in [0.15, 0.2) is 0 Å². The summed E-state index contributed by atoms with van der Waals surface area (Å²) in [6, 6.07) is 0. The minimum absolute atomic E-state index is 0.0711. The molecule has 21 heavy (non-hydrogen) atoms. The molecule has 2 unspecified atom stereocenters. The number of aliphatic hydroxyl groups excluding tert-OH is 2. The SMILES string of the molecule is CC(C)C1(CC2(C(C)C)C=CC(O)=CC2)C=CC(O)=CC1. The van der Waals surface area contributed by atoms with Crippen molar-refractivity contribution in [1.29, 1.82) is 0 Å². The van der Waals surface area contributed by atoms with Crippen LogP contribution >= 0.6 is 0 Å². The molecule has 0 saturated heterocycles. The lowest BCUT2D eigenvalue weighted by Gasteiger charge is -2.46. The van der Waals surface area contributed by atoms with Gasteiger partial charge in [-0.2, -0.15) is 0 Å². The number of hydrogen-bond acceptors (Lipinski definition) is 2. The summed E-state index contributed by atoms with van der Waals surface area (Å²) in [7, 11) is 0. The molecule has 2 heteroatoms. The summed E-state index contributed by atoms with van der Waals surface area (Å²) in [6.45, 7) is 9.03. The van der Waals surface area contributed by atoms with Gasteiger partial charge in [0.2, 0.25) is 0 Å². The van der Waals surface area contributed by atoms with E-state index in [4.69, 9.17) is 0 Å². The second-order valence-electron chi connectivity index (χ2n) is 7.29. The Kier molecular flexibility index (Phi) is 4.36. The minimum atomic E-state index is 0.0711. The fourth-order valence-electron chi connectivity index (χ4n) is 3.50. The Balaban J connectivity index is 2.31. The van der Waals surface area contributed by atoms with Crippen molar-refractivity contribution in [3.05, 3.63) is 48.0 Å². The van der Waals surface area contributed by atoms with Gasteiger partial charge in [0.25, 0.3) is 0 Å². The van der Waals surface area contributed by atoms with Gasteiger partial charge in [-0.25, -0.2) is 0 Å². The molecule has 0 heterocycles. The zero-order chi connectivity index (χ0) is 15.7. The Bertz CT molecular complexity index is 462. The van der Waals surface area contributed by atoms with E-state index >= 15 is 0 Å². The van der Waals surface area contributed by atoms with E-state index < -0.39 is 0 Å². The van der Waals surface area contributed by atoms with Crippen molar-refractivity contribution in [1.82, 2.24) is 0 Å². The Labute approximate surface area is 128 Å². The van der Waals surface area contributed by atoms with Crippen molar-refractivity contribution in [2.24, 2.45) is 22.7 Å². The smallest absolute Gasteiger partial charge is 0.111 e. The average molecular weight is 288 g/mol. The molecule has 0 amide bonds. The molecule has 0 aromatic rings. The van der Waals surface area contributed by atoms with Crippen molar-refractivity contribution in [3.63, 3.8) is 0 Å². The summed E-state index contributed by atoms with van der Waals surface area (Å²) in [6.07, 6.45) is 14.8. The molecular weight excluding hydrogens is 260 g/mol. The molecule has 0 aliphatic heterocycles. The van der Waals surface area contributed by atoms with Crippen LogP contribution in [0.4, 0.5) is 0 Å². The Hall–Kier alpha value is -1.44. The summed E-state index contributed by atoms with van der Waals surface area (Å²) in [5, 5.41) is 19.3. The molecule has 0 spiro atoms. The lowest BCUT2D eigenvalue weighted by atomic mass is 9.58. The molecule has 0 aromatic heterocycles. The first-order valence-electron chi connectivity index (χ1n) is 7.96. The van der Waals surface area contributed by atoms with E-state index in [2.05, 4.69) is 39.8 Å². The summed E-state index contributed by atoms with van der Waals surface area (Å²) < 4.78 is 0. The zero-order valence-corrected chi connectivity index (χ0v) is 13.6. The highest BCUT2D eigenvalue weighted by atomic mass is 16.3. The van der Waals surface area contributed by atoms with Gasteiger partial charge in [0.1, 0.15) is 11.5 Å². The highest BCUT2D eigenvalue weighted by Gasteiger charge is 2.42. The van der Waals surface area contributed by atoms with E-state index in [9.17, 15) is 10.2 Å². The molecule has 2 atom stereocenters. The summed E-state index contributed by atoms with van der Waals surface area (Å²) in [5.74, 6) is 1.76. The third-order valence-corrected chi connectivity index (χ3v) is 5.51. The van der Waals surface area contributed by atoms with Gasteiger partial charge in [-0.05, 0) is 66.2 Å². The first kappa shape index (κ1) is 15.9. The van der Waals surface area contributed by atoms with Gasteiger partial charge in [-0.1, -0.05) is 39.8 Å². The van der Waals surface area contributed by atoms with Crippen molar-refractivity contribution in [2.75, 3.05) is 0 Å². The van der Waals surface area contributed by atoms with E-state index in [0.717, 1.165) is 19.3 Å². The lowest BCUT2D eigenvalue weighted by molar-refractivity contribution is 0.117. The van der Waals surface area contributed by atoms with Crippen LogP contribution in [0, 0.1) is 22.7 Å². The van der Waals surface area contributed by atoms with Crippen molar-refractivity contribution < 1.29 is 10.2 Å². The first-order chi connectivity index (χ1) is 9.80. The van der Waals surface area contributed by atoms with Crippen LogP contribution in [-0.4, -0.2) is 10.2 Å². The number of rotatable bonds is 4.